The van der Waals surface area contributed by atoms with Gasteiger partial charge in [0, 0.05) is 24.2 Å². The Morgan fingerprint density at radius 3 is 1.98 bits per heavy atom. The number of methoxy groups -OCH3 is 1. The highest BCUT2D eigenvalue weighted by Gasteiger charge is 2.55. The van der Waals surface area contributed by atoms with E-state index in [1.54, 1.807) is 31.4 Å². The quantitative estimate of drug-likeness (QED) is 0.107. The third-order valence-electron chi connectivity index (χ3n) is 10.2. The molecule has 1 saturated carbocycles. The van der Waals surface area contributed by atoms with Crippen LogP contribution in [0.2, 0.25) is 0 Å². The van der Waals surface area contributed by atoms with E-state index in [4.69, 9.17) is 71.3 Å². The summed E-state index contributed by atoms with van der Waals surface area (Å²) in [5.41, 5.74) is 31.5. The highest BCUT2D eigenvalue weighted by Crippen LogP contribution is 2.37. The normalized spacial score (nSPS) is 49.0. The lowest BCUT2D eigenvalue weighted by Gasteiger charge is -2.49. The number of nitrogens with two attached hydrogens (primary N) is 5. The SMILES string of the molecule is COc1ccc(C2OC[C@H]3O[C@H](O[C@@H]4[C@H](O[C@@H]5O[C@H](CO)[C@@H](O[C@H]6OC(CN)[C@@H](O)[C@H](O)[C@H]6N)[C@H]5O)[C@@H](O)[C@H](N)C[C@@H]4N)[C@H](N)[C@@H](O)[C@@H]3O2)cc1. The van der Waals surface area contributed by atoms with Crippen molar-refractivity contribution in [1.29, 1.82) is 0 Å². The van der Waals surface area contributed by atoms with Crippen LogP contribution in [0.25, 0.3) is 0 Å². The first-order chi connectivity index (χ1) is 24.4. The van der Waals surface area contributed by atoms with E-state index in [1.807, 2.05) is 0 Å². The van der Waals surface area contributed by atoms with Crippen LogP contribution in [0.3, 0.4) is 0 Å². The van der Waals surface area contributed by atoms with Crippen LogP contribution in [0.1, 0.15) is 18.3 Å². The first-order valence-electron chi connectivity index (χ1n) is 16.9. The molecule has 20 heteroatoms. The third-order valence-corrected chi connectivity index (χ3v) is 10.2. The minimum atomic E-state index is -1.61. The molecule has 6 rings (SSSR count). The maximum atomic E-state index is 11.3. The van der Waals surface area contributed by atoms with Crippen molar-refractivity contribution in [1.82, 2.24) is 0 Å². The lowest BCUT2D eigenvalue weighted by Crippen LogP contribution is -2.69. The van der Waals surface area contributed by atoms with Gasteiger partial charge in [0.2, 0.25) is 0 Å². The third kappa shape index (κ3) is 7.77. The fourth-order valence-corrected chi connectivity index (χ4v) is 7.14. The lowest BCUT2D eigenvalue weighted by atomic mass is 9.84. The Kier molecular flexibility index (Phi) is 12.5. The van der Waals surface area contributed by atoms with Crippen molar-refractivity contribution < 1.29 is 73.3 Å². The number of aliphatic hydroxyl groups is 6. The van der Waals surface area contributed by atoms with Crippen LogP contribution < -0.4 is 33.4 Å². The van der Waals surface area contributed by atoms with Gasteiger partial charge >= 0.3 is 0 Å². The Bertz CT molecular complexity index is 1270. The van der Waals surface area contributed by atoms with E-state index in [9.17, 15) is 30.6 Å². The largest absolute Gasteiger partial charge is 0.497 e. The highest BCUT2D eigenvalue weighted by atomic mass is 16.8. The smallest absolute Gasteiger partial charge is 0.187 e. The van der Waals surface area contributed by atoms with E-state index in [0.717, 1.165) is 0 Å². The van der Waals surface area contributed by atoms with E-state index >= 15 is 0 Å². The van der Waals surface area contributed by atoms with E-state index < -0.39 is 129 Å². The van der Waals surface area contributed by atoms with E-state index in [1.165, 1.54) is 0 Å². The molecule has 4 aliphatic heterocycles. The molecule has 20 atom stereocenters. The van der Waals surface area contributed by atoms with Crippen LogP contribution >= 0.6 is 0 Å². The molecule has 20 nitrogen and oxygen atoms in total. The molecule has 0 radical (unpaired) electrons. The lowest BCUT2D eigenvalue weighted by molar-refractivity contribution is -0.356. The Hall–Kier alpha value is -1.74. The van der Waals surface area contributed by atoms with Crippen molar-refractivity contribution in [2.75, 3.05) is 26.9 Å². The maximum absolute atomic E-state index is 11.3. The fourth-order valence-electron chi connectivity index (χ4n) is 7.14. The summed E-state index contributed by atoms with van der Waals surface area (Å²) < 4.78 is 52.9. The molecule has 51 heavy (non-hydrogen) atoms. The van der Waals surface area contributed by atoms with E-state index in [2.05, 4.69) is 0 Å². The summed E-state index contributed by atoms with van der Waals surface area (Å²) in [6.07, 6.45) is -19.6. The van der Waals surface area contributed by atoms with Crippen LogP contribution in [0, 0.1) is 0 Å². The summed E-state index contributed by atoms with van der Waals surface area (Å²) in [4.78, 5) is 0. The zero-order chi connectivity index (χ0) is 36.7. The minimum absolute atomic E-state index is 0.0254. The maximum Gasteiger partial charge on any atom is 0.187 e. The molecule has 1 aromatic rings. The molecular weight excluding hydrogens is 682 g/mol. The Balaban J connectivity index is 1.13. The number of aliphatic hydroxyl groups excluding tert-OH is 6. The number of hydrogen-bond donors (Lipinski definition) is 11. The molecule has 1 aliphatic carbocycles. The molecule has 4 heterocycles. The zero-order valence-electron chi connectivity index (χ0n) is 27.9. The summed E-state index contributed by atoms with van der Waals surface area (Å²) in [7, 11) is 1.55. The Morgan fingerprint density at radius 1 is 0.686 bits per heavy atom. The summed E-state index contributed by atoms with van der Waals surface area (Å²) in [5, 5.41) is 64.4. The number of ether oxygens (including phenoxy) is 9. The van der Waals surface area contributed by atoms with Gasteiger partial charge in [-0.25, -0.2) is 0 Å². The van der Waals surface area contributed by atoms with Crippen LogP contribution in [0.4, 0.5) is 0 Å². The molecule has 0 amide bonds. The van der Waals surface area contributed by atoms with Gasteiger partial charge in [-0.2, -0.15) is 0 Å². The summed E-state index contributed by atoms with van der Waals surface area (Å²) >= 11 is 0. The predicted octanol–water partition coefficient (Wildman–Crippen LogP) is -6.09. The number of fused-ring (bicyclic) bond motifs is 1. The number of hydrogen-bond acceptors (Lipinski definition) is 20. The average molecular weight is 734 g/mol. The standard InChI is InChI=1S/C31H51N5O15/c1-43-11-4-2-10(3-5-11)28-44-9-16-26(49-28)22(41)18(36)30(47-16)48-24-13(34)6-12(33)19(38)27(24)51-31-23(42)25(15(8-37)46-31)50-29-17(35)21(40)20(39)14(7-32)45-29/h2-5,12-31,37-42H,6-9,32-36H2,1H3/t12-,13+,14?,15-,16-,17-,18-,19+,20-,21-,22-,23-,24+,25-,26-,27-,28?,29-,30-,31+/m1/s1. The van der Waals surface area contributed by atoms with Gasteiger partial charge in [0.15, 0.2) is 25.2 Å². The molecule has 5 aliphatic rings. The Labute approximate surface area is 293 Å². The van der Waals surface area contributed by atoms with Crippen molar-refractivity contribution in [2.24, 2.45) is 28.7 Å². The van der Waals surface area contributed by atoms with Gasteiger partial charge < -0.3 is 102 Å². The van der Waals surface area contributed by atoms with Gasteiger partial charge in [0.1, 0.15) is 72.9 Å². The summed E-state index contributed by atoms with van der Waals surface area (Å²) in [5.74, 6) is 0.655. The monoisotopic (exact) mass is 733 g/mol. The van der Waals surface area contributed by atoms with Gasteiger partial charge in [-0.15, -0.1) is 0 Å². The van der Waals surface area contributed by atoms with Crippen LogP contribution in [-0.4, -0.2) is 174 Å². The molecule has 4 saturated heterocycles. The second-order valence-electron chi connectivity index (χ2n) is 13.6. The van der Waals surface area contributed by atoms with Crippen molar-refractivity contribution in [3.05, 3.63) is 29.8 Å². The molecule has 1 aromatic carbocycles. The van der Waals surface area contributed by atoms with Crippen molar-refractivity contribution in [3.63, 3.8) is 0 Å². The molecule has 0 spiro atoms. The van der Waals surface area contributed by atoms with Gasteiger partial charge in [0.25, 0.3) is 0 Å². The van der Waals surface area contributed by atoms with Gasteiger partial charge in [-0.3, -0.25) is 0 Å². The van der Waals surface area contributed by atoms with Crippen LogP contribution in [0.5, 0.6) is 5.75 Å². The van der Waals surface area contributed by atoms with Crippen molar-refractivity contribution >= 4 is 0 Å². The molecule has 16 N–H and O–H groups in total. The summed E-state index contributed by atoms with van der Waals surface area (Å²) in [6.45, 7) is -0.782. The Morgan fingerprint density at radius 2 is 1.31 bits per heavy atom. The van der Waals surface area contributed by atoms with E-state index in [-0.39, 0.29) is 19.6 Å². The molecule has 290 valence electrons. The minimum Gasteiger partial charge on any atom is -0.497 e. The van der Waals surface area contributed by atoms with Crippen LogP contribution in [0.15, 0.2) is 24.3 Å². The second kappa shape index (κ2) is 16.3. The topological polar surface area (TPSA) is 335 Å². The van der Waals surface area contributed by atoms with Gasteiger partial charge in [0.05, 0.1) is 38.5 Å². The first-order valence-corrected chi connectivity index (χ1v) is 16.9. The fraction of sp³-hybridized carbons (Fsp3) is 0.806. The molecule has 5 fully saturated rings. The number of benzene rings is 1. The molecular formula is C31H51N5O15. The van der Waals surface area contributed by atoms with Crippen molar-refractivity contribution in [2.45, 2.75) is 129 Å². The zero-order valence-corrected chi connectivity index (χ0v) is 27.9. The predicted molar refractivity (Wildman–Crippen MR) is 170 cm³/mol. The summed E-state index contributed by atoms with van der Waals surface area (Å²) in [6, 6.07) is 2.97. The van der Waals surface area contributed by atoms with Crippen molar-refractivity contribution in [3.8, 4) is 5.75 Å². The highest BCUT2D eigenvalue weighted by molar-refractivity contribution is 5.28. The van der Waals surface area contributed by atoms with E-state index in [0.29, 0.717) is 11.3 Å². The number of rotatable bonds is 10. The second-order valence-corrected chi connectivity index (χ2v) is 13.6. The molecule has 2 unspecified atom stereocenters. The molecule has 0 aromatic heterocycles. The molecule has 0 bridgehead atoms. The van der Waals surface area contributed by atoms with Gasteiger partial charge in [-0.1, -0.05) is 12.1 Å². The average Bonchev–Trinajstić information content (AvgIpc) is 3.43. The van der Waals surface area contributed by atoms with Crippen LogP contribution in [-0.2, 0) is 37.9 Å². The van der Waals surface area contributed by atoms with Gasteiger partial charge in [-0.05, 0) is 18.6 Å². The first kappa shape index (κ1) is 39.0.